The Morgan fingerprint density at radius 2 is 0.825 bits per heavy atom. The molecule has 5 N–H and O–H groups in total. The van der Waals surface area contributed by atoms with E-state index >= 15 is 0 Å². The van der Waals surface area contributed by atoms with E-state index in [-0.39, 0.29) is 41.9 Å². The molecule has 15 aromatic rings. The summed E-state index contributed by atoms with van der Waals surface area (Å²) in [5.41, 5.74) is 17.5. The van der Waals surface area contributed by atoms with Gasteiger partial charge in [-0.25, -0.2) is 13.2 Å². The third kappa shape index (κ3) is 12.6. The van der Waals surface area contributed by atoms with Crippen LogP contribution >= 0.6 is 0 Å². The second kappa shape index (κ2) is 27.1. The largest absolute Gasteiger partial charge is 0.480 e. The summed E-state index contributed by atoms with van der Waals surface area (Å²) >= 11 is 0. The van der Waals surface area contributed by atoms with Crippen LogP contribution in [0.25, 0.3) is 116 Å². The molecule has 0 unspecified atom stereocenters. The van der Waals surface area contributed by atoms with E-state index < -0.39 is 11.6 Å². The summed E-state index contributed by atoms with van der Waals surface area (Å²) in [6.07, 6.45) is 22.3. The van der Waals surface area contributed by atoms with Gasteiger partial charge in [-0.3, -0.25) is 34.1 Å². The van der Waals surface area contributed by atoms with Crippen molar-refractivity contribution in [3.63, 3.8) is 0 Å². The highest BCUT2D eigenvalue weighted by Crippen LogP contribution is 2.49. The summed E-state index contributed by atoms with van der Waals surface area (Å²) in [7, 11) is 0. The zero-order valence-corrected chi connectivity index (χ0v) is 56.6. The predicted molar refractivity (Wildman–Crippen MR) is 384 cm³/mol. The maximum atomic E-state index is 13.9. The van der Waals surface area contributed by atoms with Crippen LogP contribution in [-0.4, -0.2) is 148 Å². The fourth-order valence-corrected chi connectivity index (χ4v) is 15.6. The van der Waals surface area contributed by atoms with Crippen molar-refractivity contribution >= 4 is 71.4 Å². The summed E-state index contributed by atoms with van der Waals surface area (Å²) in [6.45, 7) is 9.33. The molecule has 25 heteroatoms. The first kappa shape index (κ1) is 65.4. The van der Waals surface area contributed by atoms with E-state index in [9.17, 15) is 28.2 Å². The number of H-pyrrole nitrogens is 3. The minimum absolute atomic E-state index is 0.209. The van der Waals surface area contributed by atoms with Crippen molar-refractivity contribution in [1.82, 2.24) is 73.6 Å². The fraction of sp³-hybridized carbons (Fsp3) is 0.295. The molecule has 0 radical (unpaired) electrons. The first-order valence-corrected chi connectivity index (χ1v) is 34.9. The molecule has 0 amide bonds. The van der Waals surface area contributed by atoms with Crippen LogP contribution in [0.4, 0.5) is 13.2 Å². The molecule has 0 atom stereocenters. The van der Waals surface area contributed by atoms with Crippen molar-refractivity contribution in [1.29, 1.82) is 0 Å². The topological polar surface area (TPSA) is 249 Å². The quantitative estimate of drug-likeness (QED) is 0.0680. The van der Waals surface area contributed by atoms with Gasteiger partial charge in [-0.2, -0.15) is 30.6 Å². The molecule has 4 fully saturated rings. The van der Waals surface area contributed by atoms with Gasteiger partial charge in [0.1, 0.15) is 24.0 Å². The summed E-state index contributed by atoms with van der Waals surface area (Å²) in [5, 5.41) is 61.3. The average Bonchev–Trinajstić information content (AvgIpc) is 1.59. The number of hydrogen-bond acceptors (Lipinski definition) is 12. The fourth-order valence-electron chi connectivity index (χ4n) is 15.6. The molecule has 19 rings (SSSR count). The monoisotopic (exact) mass is 1390 g/mol. The van der Waals surface area contributed by atoms with E-state index in [2.05, 4.69) is 102 Å². The third-order valence-corrected chi connectivity index (χ3v) is 20.3. The van der Waals surface area contributed by atoms with Crippen LogP contribution in [-0.2, 0) is 36.8 Å². The van der Waals surface area contributed by atoms with Gasteiger partial charge in [0.25, 0.3) is 0 Å². The van der Waals surface area contributed by atoms with Crippen LogP contribution in [0.3, 0.4) is 0 Å². The van der Waals surface area contributed by atoms with E-state index in [0.717, 1.165) is 168 Å². The standard InChI is InChI=1S/C27H28FN5O2.C26H24FN5O2.C25H22FN5O3/c1-27(2,34)16-32-15-19(14-30-32)25-22-12-23-18(13-29-31-23)11-24(22)33(21-5-3-20(28)4-6-21)26(25)17-7-9-35-10-8-17;27-19-1-3-20(4-2-19)32-24-9-17-11-28-30-23(17)10-22(24)25(26(32)16-5-7-33-8-6-16)18-12-29-31(13-18)21-14-34-15-21;26-18-1-3-19(4-2-18)31-22-9-16-11-27-29-21(16)10-20(22)24(25(31)15-5-7-34-8-6-15)17-12-28-30(13-17)14-23(32)33/h3-6,11-15,17,34H,7-10,16H2,1-2H3,(H,29,31);1-4,9-13,16,21H,5-8,14-15H2,(H,28,30);1-4,9-13,15H,5-8,14H2,(H,27,29)(H,32,33). The van der Waals surface area contributed by atoms with Crippen LogP contribution in [0.15, 0.2) is 165 Å². The zero-order chi connectivity index (χ0) is 70.0. The number of aliphatic hydroxyl groups is 1. The number of benzene rings is 6. The minimum Gasteiger partial charge on any atom is -0.480 e. The molecular weight excluding hydrogens is 1320 g/mol. The smallest absolute Gasteiger partial charge is 0.325 e. The highest BCUT2D eigenvalue weighted by molar-refractivity contribution is 6.08. The Morgan fingerprint density at radius 3 is 1.17 bits per heavy atom. The van der Waals surface area contributed by atoms with Crippen molar-refractivity contribution in [3.8, 4) is 50.4 Å². The number of nitrogens with one attached hydrogen (secondary N) is 3. The van der Waals surface area contributed by atoms with Crippen LogP contribution in [0.5, 0.6) is 0 Å². The van der Waals surface area contributed by atoms with Gasteiger partial charge in [-0.1, -0.05) is 0 Å². The second-order valence-electron chi connectivity index (χ2n) is 27.8. The van der Waals surface area contributed by atoms with Gasteiger partial charge >= 0.3 is 5.97 Å². The molecule has 524 valence electrons. The van der Waals surface area contributed by atoms with Gasteiger partial charge in [0.05, 0.1) is 102 Å². The number of carboxylic acids is 1. The molecule has 9 aromatic heterocycles. The highest BCUT2D eigenvalue weighted by Gasteiger charge is 2.34. The van der Waals surface area contributed by atoms with Gasteiger partial charge < -0.3 is 42.9 Å². The van der Waals surface area contributed by atoms with E-state index in [1.165, 1.54) is 58.0 Å². The lowest BCUT2D eigenvalue weighted by Gasteiger charge is -2.26. The third-order valence-electron chi connectivity index (χ3n) is 20.3. The first-order valence-electron chi connectivity index (χ1n) is 34.9. The Kier molecular flexibility index (Phi) is 17.2. The summed E-state index contributed by atoms with van der Waals surface area (Å²) in [5.74, 6) is -0.955. The number of carbonyl (C=O) groups is 1. The van der Waals surface area contributed by atoms with Crippen molar-refractivity contribution in [2.45, 2.75) is 94.9 Å². The first-order chi connectivity index (χ1) is 50.2. The number of nitrogens with zero attached hydrogens (tertiary/aromatic N) is 12. The molecule has 0 saturated carbocycles. The predicted octanol–water partition coefficient (Wildman–Crippen LogP) is 14.6. The Bertz CT molecular complexity index is 5590. The number of aromatic amines is 3. The number of aliphatic carboxylic acids is 1. The molecule has 6 aromatic carbocycles. The van der Waals surface area contributed by atoms with Crippen LogP contribution in [0.1, 0.15) is 93.2 Å². The van der Waals surface area contributed by atoms with E-state index in [1.54, 1.807) is 49.3 Å². The zero-order valence-electron chi connectivity index (χ0n) is 56.6. The number of fused-ring (bicyclic) bond motifs is 6. The van der Waals surface area contributed by atoms with Crippen LogP contribution in [0.2, 0.25) is 0 Å². The van der Waals surface area contributed by atoms with Gasteiger partial charge in [0.15, 0.2) is 0 Å². The Balaban J connectivity index is 0.000000115. The molecule has 22 nitrogen and oxygen atoms in total. The SMILES string of the molecule is CC(C)(O)Cn1cc(-c2c(C3CCOCC3)n(-c3ccc(F)cc3)c3cc4cn[nH]c4cc23)cn1.Fc1ccc(-n2c(C3CCOCC3)c(-c3cnn(C4COC4)c3)c3cc4[nH]ncc4cc32)cc1.O=C(O)Cn1cc(-c2c(C3CCOCC3)n(-c3ccc(F)cc3)c3cc4cn[nH]c4cc23)cn1. The molecular formula is C78H74F3N15O7. The maximum absolute atomic E-state index is 13.9. The molecule has 4 aliphatic rings. The van der Waals surface area contributed by atoms with Crippen LogP contribution < -0.4 is 0 Å². The molecule has 0 aliphatic carbocycles. The Hall–Kier alpha value is -11.0. The molecule has 103 heavy (non-hydrogen) atoms. The summed E-state index contributed by atoms with van der Waals surface area (Å²) < 4.78 is 76.0. The molecule has 4 saturated heterocycles. The molecule has 4 aliphatic heterocycles. The van der Waals surface area contributed by atoms with Crippen molar-refractivity contribution in [3.05, 3.63) is 199 Å². The van der Waals surface area contributed by atoms with Crippen molar-refractivity contribution in [2.75, 3.05) is 52.9 Å². The molecule has 0 bridgehead atoms. The van der Waals surface area contributed by atoms with Gasteiger partial charge in [0.2, 0.25) is 0 Å². The number of ether oxygens (including phenoxy) is 4. The minimum atomic E-state index is -0.952. The maximum Gasteiger partial charge on any atom is 0.325 e. The second-order valence-corrected chi connectivity index (χ2v) is 27.8. The number of aromatic nitrogens is 15. The summed E-state index contributed by atoms with van der Waals surface area (Å²) in [4.78, 5) is 11.3. The van der Waals surface area contributed by atoms with Crippen molar-refractivity contribution in [2.24, 2.45) is 0 Å². The lowest BCUT2D eigenvalue weighted by atomic mass is 9.91. The molecule has 0 spiro atoms. The van der Waals surface area contributed by atoms with Gasteiger partial charge in [0, 0.05) is 176 Å². The Labute approximate surface area is 587 Å². The number of hydrogen-bond donors (Lipinski definition) is 5. The normalized spacial score (nSPS) is 15.9. The van der Waals surface area contributed by atoms with E-state index in [1.807, 2.05) is 59.9 Å². The van der Waals surface area contributed by atoms with E-state index in [0.29, 0.717) is 52.1 Å². The van der Waals surface area contributed by atoms with E-state index in [4.69, 9.17) is 18.9 Å². The number of carboxylic acid groups (broad SMARTS) is 1. The van der Waals surface area contributed by atoms with Gasteiger partial charge in [-0.15, -0.1) is 0 Å². The van der Waals surface area contributed by atoms with Crippen molar-refractivity contribution < 1.29 is 47.1 Å². The average molecular weight is 1390 g/mol. The van der Waals surface area contributed by atoms with Crippen LogP contribution in [0, 0.1) is 17.5 Å². The van der Waals surface area contributed by atoms with Gasteiger partial charge in [-0.05, 0) is 162 Å². The molecule has 13 heterocycles. The number of halogens is 3. The lowest BCUT2D eigenvalue weighted by Crippen LogP contribution is -2.30. The number of rotatable bonds is 14. The summed E-state index contributed by atoms with van der Waals surface area (Å²) in [6, 6.07) is 33.0. The lowest BCUT2D eigenvalue weighted by molar-refractivity contribution is -0.137. The highest BCUT2D eigenvalue weighted by atomic mass is 19.1. The Morgan fingerprint density at radius 1 is 0.476 bits per heavy atom.